The summed E-state index contributed by atoms with van der Waals surface area (Å²) in [6.07, 6.45) is 1.05. The van der Waals surface area contributed by atoms with Crippen molar-refractivity contribution >= 4 is 0 Å². The van der Waals surface area contributed by atoms with Gasteiger partial charge in [-0.3, -0.25) is 0 Å². The molecule has 1 radical (unpaired) electrons. The van der Waals surface area contributed by atoms with Crippen LogP contribution in [-0.4, -0.2) is 0 Å². The Labute approximate surface area is 170 Å². The van der Waals surface area contributed by atoms with E-state index < -0.39 is 0 Å². The summed E-state index contributed by atoms with van der Waals surface area (Å²) in [6, 6.07) is 28.4. The van der Waals surface area contributed by atoms with Crippen molar-refractivity contribution in [2.45, 2.75) is 13.3 Å². The van der Waals surface area contributed by atoms with Crippen LogP contribution in [0.2, 0.25) is 0 Å². The summed E-state index contributed by atoms with van der Waals surface area (Å²) in [4.78, 5) is 0. The quantitative estimate of drug-likeness (QED) is 0.323. The van der Waals surface area contributed by atoms with Gasteiger partial charge in [-0.1, -0.05) is 71.3 Å². The second-order valence-electron chi connectivity index (χ2n) is 5.05. The molecule has 0 fully saturated rings. The summed E-state index contributed by atoms with van der Waals surface area (Å²) in [5.41, 5.74) is 6.83. The Bertz CT molecular complexity index is 668. The number of fused-ring (bicyclic) bond motifs is 3. The van der Waals surface area contributed by atoms with Gasteiger partial charge in [-0.25, -0.2) is 0 Å². The predicted molar refractivity (Wildman–Crippen MR) is 84.7 cm³/mol. The molecule has 3 heteroatoms. The van der Waals surface area contributed by atoms with E-state index in [-0.39, 0.29) is 51.0 Å². The first-order chi connectivity index (χ1) is 9.84. The molecule has 0 N–H and O–H groups in total. The summed E-state index contributed by atoms with van der Waals surface area (Å²) in [5, 5.41) is 0. The van der Waals surface area contributed by atoms with Gasteiger partial charge >= 0.3 is 26.2 Å². The van der Waals surface area contributed by atoms with Crippen LogP contribution in [0.15, 0.2) is 72.8 Å². The Hall–Kier alpha value is -0.877. The Balaban J connectivity index is 0.000000426. The summed E-state index contributed by atoms with van der Waals surface area (Å²) >= 11 is 0. The van der Waals surface area contributed by atoms with E-state index in [1.165, 1.54) is 27.8 Å². The van der Waals surface area contributed by atoms with Gasteiger partial charge in [0, 0.05) is 0 Å². The number of hydrogen-bond acceptors (Lipinski definition) is 0. The summed E-state index contributed by atoms with van der Waals surface area (Å²) in [5.74, 6) is 0. The molecule has 23 heavy (non-hydrogen) atoms. The van der Waals surface area contributed by atoms with E-state index >= 15 is 0 Å². The van der Waals surface area contributed by atoms with E-state index in [9.17, 15) is 0 Å². The van der Waals surface area contributed by atoms with Crippen molar-refractivity contribution in [3.8, 4) is 11.1 Å². The van der Waals surface area contributed by atoms with Crippen LogP contribution in [0, 0.1) is 13.0 Å². The van der Waals surface area contributed by atoms with Gasteiger partial charge in [-0.15, -0.1) is 5.56 Å². The molecule has 0 saturated carbocycles. The maximum Gasteiger partial charge on any atom is 3.00 e. The smallest absolute Gasteiger partial charge is 1.00 e. The van der Waals surface area contributed by atoms with Crippen molar-refractivity contribution in [3.05, 3.63) is 95.6 Å². The molecule has 0 aromatic heterocycles. The minimum Gasteiger partial charge on any atom is -1.00 e. The van der Waals surface area contributed by atoms with Crippen molar-refractivity contribution < 1.29 is 51.0 Å². The molecule has 0 unspecified atom stereocenters. The molecule has 4 rings (SSSR count). The number of aryl methyl sites for hydroxylation is 1. The van der Waals surface area contributed by atoms with Crippen LogP contribution in [0.3, 0.4) is 0 Å². The molecule has 3 aromatic carbocycles. The first-order valence-electron chi connectivity index (χ1n) is 6.94. The topological polar surface area (TPSA) is 0 Å². The molecule has 0 amide bonds. The number of hydrogen-bond donors (Lipinski definition) is 0. The summed E-state index contributed by atoms with van der Waals surface area (Å²) in [7, 11) is 0. The first kappa shape index (κ1) is 22.1. The van der Waals surface area contributed by atoms with Crippen molar-refractivity contribution in [1.29, 1.82) is 0 Å². The van der Waals surface area contributed by atoms with E-state index in [1.807, 2.05) is 24.3 Å². The minimum absolute atomic E-state index is 0. The van der Waals surface area contributed by atoms with Gasteiger partial charge < -0.3 is 24.8 Å². The van der Waals surface area contributed by atoms with Crippen molar-refractivity contribution in [3.63, 3.8) is 0 Å². The molecule has 0 atom stereocenters. The third kappa shape index (κ3) is 5.61. The van der Waals surface area contributed by atoms with E-state index in [0.29, 0.717) is 0 Å². The Morgan fingerprint density at radius 1 is 0.739 bits per heavy atom. The zero-order valence-corrected chi connectivity index (χ0v) is 16.9. The molecule has 115 valence electrons. The van der Waals surface area contributed by atoms with Gasteiger partial charge in [-0.2, -0.15) is 29.8 Å². The maximum atomic E-state index is 3.30. The molecule has 0 saturated heterocycles. The van der Waals surface area contributed by atoms with Gasteiger partial charge in [0.15, 0.2) is 0 Å². The van der Waals surface area contributed by atoms with Gasteiger partial charge in [0.05, 0.1) is 0 Å². The summed E-state index contributed by atoms with van der Waals surface area (Å²) in [6.45, 7) is 2.08. The molecule has 0 nitrogen and oxygen atoms in total. The Morgan fingerprint density at radius 2 is 1.35 bits per heavy atom. The molecule has 1 aliphatic carbocycles. The zero-order chi connectivity index (χ0) is 13.8. The van der Waals surface area contributed by atoms with E-state index in [0.717, 1.165) is 6.42 Å². The number of rotatable bonds is 0. The fourth-order valence-electron chi connectivity index (χ4n) is 2.53. The summed E-state index contributed by atoms with van der Waals surface area (Å²) < 4.78 is 0. The third-order valence-electron chi connectivity index (χ3n) is 3.56. The fourth-order valence-corrected chi connectivity index (χ4v) is 2.53. The van der Waals surface area contributed by atoms with Crippen molar-refractivity contribution in [1.82, 2.24) is 0 Å². The van der Waals surface area contributed by atoms with E-state index in [2.05, 4.69) is 61.5 Å². The molecule has 1 aliphatic rings. The minimum atomic E-state index is 0. The van der Waals surface area contributed by atoms with Gasteiger partial charge in [-0.05, 0) is 13.3 Å². The van der Waals surface area contributed by atoms with Crippen LogP contribution in [0.1, 0.15) is 16.7 Å². The zero-order valence-electron chi connectivity index (χ0n) is 12.9. The second kappa shape index (κ2) is 10.8. The van der Waals surface area contributed by atoms with Crippen molar-refractivity contribution in [2.24, 2.45) is 0 Å². The molecule has 3 aromatic rings. The first-order valence-corrected chi connectivity index (χ1v) is 6.94. The Morgan fingerprint density at radius 3 is 2.00 bits per heavy atom. The number of benzene rings is 3. The van der Waals surface area contributed by atoms with Crippen LogP contribution in [0.25, 0.3) is 11.1 Å². The van der Waals surface area contributed by atoms with Crippen LogP contribution in [0.4, 0.5) is 0 Å². The fraction of sp³-hybridized carbons (Fsp3) is 0.100. The van der Waals surface area contributed by atoms with Gasteiger partial charge in [0.1, 0.15) is 0 Å². The van der Waals surface area contributed by atoms with Crippen LogP contribution < -0.4 is 24.8 Å². The monoisotopic (exact) mass is 417 g/mol. The number of halogens is 2. The maximum absolute atomic E-state index is 3.30. The molecule has 0 bridgehead atoms. The average molecular weight is 419 g/mol. The predicted octanol–water partition coefficient (Wildman–Crippen LogP) is -0.941. The Kier molecular flexibility index (Phi) is 10.4. The molecular formula is C20H17Cl2Zr. The average Bonchev–Trinajstić information content (AvgIpc) is 2.87. The van der Waals surface area contributed by atoms with Gasteiger partial charge in [0.2, 0.25) is 0 Å². The van der Waals surface area contributed by atoms with E-state index in [1.54, 1.807) is 0 Å². The van der Waals surface area contributed by atoms with Crippen molar-refractivity contribution in [2.75, 3.05) is 0 Å². The molecule has 0 heterocycles. The standard InChI is InChI=1S/C13H9.C7H8.2ClH.Zr/c1-3-7-12-10(5-1)9-11-6-2-4-8-13(11)12;1-7-5-3-2-4-6-7;;;/h1-5,7-8H,9H2;2-6H,1H3;2*1H;/q-1;;;;+3/p-2. The third-order valence-corrected chi connectivity index (χ3v) is 3.56. The van der Waals surface area contributed by atoms with E-state index in [4.69, 9.17) is 0 Å². The molecule has 0 aliphatic heterocycles. The molecular weight excluding hydrogens is 402 g/mol. The van der Waals surface area contributed by atoms with Crippen LogP contribution in [-0.2, 0) is 32.6 Å². The van der Waals surface area contributed by atoms with Crippen LogP contribution >= 0.6 is 0 Å². The van der Waals surface area contributed by atoms with Crippen LogP contribution in [0.5, 0.6) is 0 Å². The second-order valence-corrected chi connectivity index (χ2v) is 5.05. The largest absolute Gasteiger partial charge is 3.00 e. The van der Waals surface area contributed by atoms with Gasteiger partial charge in [0.25, 0.3) is 0 Å². The SMILES string of the molecule is Cc1ccccc1.[Cl-].[Cl-].[Zr+3].[c-]1cccc2c1Cc1ccccc1-2. The molecule has 0 spiro atoms. The normalized spacial score (nSPS) is 9.61.